The van der Waals surface area contributed by atoms with E-state index in [4.69, 9.17) is 0 Å². The molecule has 0 radical (unpaired) electrons. The number of aromatic nitrogens is 2. The van der Waals surface area contributed by atoms with Crippen LogP contribution >= 0.6 is 0 Å². The smallest absolute Gasteiger partial charge is 0.219 e. The van der Waals surface area contributed by atoms with Crippen LogP contribution in [0.1, 0.15) is 31.4 Å². The van der Waals surface area contributed by atoms with Crippen molar-refractivity contribution in [3.8, 4) is 0 Å². The molecule has 0 saturated carbocycles. The predicted octanol–water partition coefficient (Wildman–Crippen LogP) is 0.954. The molecule has 0 spiro atoms. The number of nitrogens with zero attached hydrogens (tertiary/aromatic N) is 5. The maximum atomic E-state index is 11.4. The number of rotatable bonds is 2. The Balaban J connectivity index is 1.59. The third-order valence-electron chi connectivity index (χ3n) is 4.84. The summed E-state index contributed by atoms with van der Waals surface area (Å²) >= 11 is 0. The summed E-state index contributed by atoms with van der Waals surface area (Å²) in [5.41, 5.74) is 1.07. The molecule has 3 heterocycles. The molecule has 1 aromatic heterocycles. The first kappa shape index (κ1) is 15.2. The van der Waals surface area contributed by atoms with Crippen molar-refractivity contribution in [3.05, 3.63) is 18.1 Å². The SMILES string of the molecule is CC(=O)N1CCC(c2cnc(N3CCN(C)CC3)cn2)CC1. The Bertz CT molecular complexity index is 502. The molecule has 0 unspecified atom stereocenters. The molecule has 2 aliphatic rings. The first-order valence-corrected chi connectivity index (χ1v) is 8.14. The Hall–Kier alpha value is -1.69. The van der Waals surface area contributed by atoms with Crippen LogP contribution in [0.5, 0.6) is 0 Å². The molecule has 0 N–H and O–H groups in total. The molecule has 1 aromatic rings. The number of anilines is 1. The molecule has 6 nitrogen and oxygen atoms in total. The molecule has 120 valence electrons. The van der Waals surface area contributed by atoms with Crippen LogP contribution in [-0.2, 0) is 4.79 Å². The fourth-order valence-electron chi connectivity index (χ4n) is 3.23. The first-order chi connectivity index (χ1) is 10.6. The van der Waals surface area contributed by atoms with Gasteiger partial charge in [0.05, 0.1) is 18.1 Å². The number of hydrogen-bond donors (Lipinski definition) is 0. The van der Waals surface area contributed by atoms with Gasteiger partial charge in [-0.15, -0.1) is 0 Å². The molecule has 6 heteroatoms. The number of hydrogen-bond acceptors (Lipinski definition) is 5. The summed E-state index contributed by atoms with van der Waals surface area (Å²) < 4.78 is 0. The van der Waals surface area contributed by atoms with Gasteiger partial charge in [-0.3, -0.25) is 9.78 Å². The second-order valence-electron chi connectivity index (χ2n) is 6.37. The Kier molecular flexibility index (Phi) is 4.57. The minimum Gasteiger partial charge on any atom is -0.353 e. The van der Waals surface area contributed by atoms with Gasteiger partial charge in [0.25, 0.3) is 0 Å². The summed E-state index contributed by atoms with van der Waals surface area (Å²) in [7, 11) is 2.15. The van der Waals surface area contributed by atoms with Crippen LogP contribution in [0.25, 0.3) is 0 Å². The average molecular weight is 303 g/mol. The summed E-state index contributed by atoms with van der Waals surface area (Å²) in [5, 5.41) is 0. The zero-order chi connectivity index (χ0) is 15.5. The largest absolute Gasteiger partial charge is 0.353 e. The predicted molar refractivity (Wildman–Crippen MR) is 86.0 cm³/mol. The fourth-order valence-corrected chi connectivity index (χ4v) is 3.23. The fraction of sp³-hybridized carbons (Fsp3) is 0.688. The lowest BCUT2D eigenvalue weighted by molar-refractivity contribution is -0.129. The first-order valence-electron chi connectivity index (χ1n) is 8.14. The van der Waals surface area contributed by atoms with Gasteiger partial charge >= 0.3 is 0 Å². The number of piperazine rings is 1. The van der Waals surface area contributed by atoms with Crippen molar-refractivity contribution in [1.82, 2.24) is 19.8 Å². The van der Waals surface area contributed by atoms with Crippen LogP contribution in [0.2, 0.25) is 0 Å². The van der Waals surface area contributed by atoms with Gasteiger partial charge in [0.1, 0.15) is 5.82 Å². The normalized spacial score (nSPS) is 21.2. The van der Waals surface area contributed by atoms with Crippen LogP contribution in [0.4, 0.5) is 5.82 Å². The Labute approximate surface area is 132 Å². The quantitative estimate of drug-likeness (QED) is 0.814. The maximum absolute atomic E-state index is 11.4. The van der Waals surface area contributed by atoms with E-state index < -0.39 is 0 Å². The van der Waals surface area contributed by atoms with Gasteiger partial charge in [-0.05, 0) is 19.9 Å². The summed E-state index contributed by atoms with van der Waals surface area (Å²) in [6.45, 7) is 7.50. The third kappa shape index (κ3) is 3.38. The molecule has 3 rings (SSSR count). The molecule has 0 aromatic carbocycles. The van der Waals surface area contributed by atoms with E-state index in [0.29, 0.717) is 5.92 Å². The highest BCUT2D eigenvalue weighted by Crippen LogP contribution is 2.26. The van der Waals surface area contributed by atoms with Crippen LogP contribution in [0, 0.1) is 0 Å². The summed E-state index contributed by atoms with van der Waals surface area (Å²) in [4.78, 5) is 27.2. The highest BCUT2D eigenvalue weighted by molar-refractivity contribution is 5.73. The van der Waals surface area contributed by atoms with Gasteiger partial charge in [0.2, 0.25) is 5.91 Å². The van der Waals surface area contributed by atoms with E-state index in [1.165, 1.54) is 0 Å². The van der Waals surface area contributed by atoms with Gasteiger partial charge < -0.3 is 14.7 Å². The van der Waals surface area contributed by atoms with E-state index in [1.54, 1.807) is 6.92 Å². The molecule has 0 atom stereocenters. The summed E-state index contributed by atoms with van der Waals surface area (Å²) in [5.74, 6) is 1.60. The minimum absolute atomic E-state index is 0.176. The maximum Gasteiger partial charge on any atom is 0.219 e. The van der Waals surface area contributed by atoms with E-state index in [-0.39, 0.29) is 5.91 Å². The van der Waals surface area contributed by atoms with Crippen LogP contribution in [-0.4, -0.2) is 72.0 Å². The van der Waals surface area contributed by atoms with Crippen molar-refractivity contribution >= 4 is 11.7 Å². The van der Waals surface area contributed by atoms with Gasteiger partial charge in [0.15, 0.2) is 0 Å². The average Bonchev–Trinajstić information content (AvgIpc) is 2.56. The van der Waals surface area contributed by atoms with Crippen LogP contribution in [0.15, 0.2) is 12.4 Å². The zero-order valence-corrected chi connectivity index (χ0v) is 13.5. The van der Waals surface area contributed by atoms with E-state index in [9.17, 15) is 4.79 Å². The van der Waals surface area contributed by atoms with Gasteiger partial charge in [-0.25, -0.2) is 4.98 Å². The lowest BCUT2D eigenvalue weighted by atomic mass is 9.94. The molecule has 1 amide bonds. The molecule has 2 aliphatic heterocycles. The number of carbonyl (C=O) groups excluding carboxylic acids is 1. The van der Waals surface area contributed by atoms with Crippen molar-refractivity contribution in [2.75, 3.05) is 51.2 Å². The molecular formula is C16H25N5O. The molecule has 0 bridgehead atoms. The number of likely N-dealkylation sites (tertiary alicyclic amines) is 1. The topological polar surface area (TPSA) is 52.6 Å². The van der Waals surface area contributed by atoms with Crippen molar-refractivity contribution in [2.24, 2.45) is 0 Å². The standard InChI is InChI=1S/C16H25N5O/c1-13(22)20-5-3-14(4-6-20)15-11-18-16(12-17-15)21-9-7-19(2)8-10-21/h11-12,14H,3-10H2,1-2H3. The molecule has 2 fully saturated rings. The Morgan fingerprint density at radius 1 is 1.05 bits per heavy atom. The lowest BCUT2D eigenvalue weighted by Gasteiger charge is -2.33. The van der Waals surface area contributed by atoms with E-state index in [0.717, 1.165) is 63.6 Å². The van der Waals surface area contributed by atoms with Crippen LogP contribution < -0.4 is 4.90 Å². The minimum atomic E-state index is 0.176. The number of amides is 1. The highest BCUT2D eigenvalue weighted by atomic mass is 16.2. The zero-order valence-electron chi connectivity index (χ0n) is 13.5. The number of piperidine rings is 1. The van der Waals surface area contributed by atoms with Gasteiger partial charge in [0, 0.05) is 52.1 Å². The molecular weight excluding hydrogens is 278 g/mol. The lowest BCUT2D eigenvalue weighted by Crippen LogP contribution is -2.44. The van der Waals surface area contributed by atoms with Crippen molar-refractivity contribution in [3.63, 3.8) is 0 Å². The second-order valence-corrected chi connectivity index (χ2v) is 6.37. The van der Waals surface area contributed by atoms with E-state index >= 15 is 0 Å². The molecule has 2 saturated heterocycles. The Morgan fingerprint density at radius 2 is 1.73 bits per heavy atom. The highest BCUT2D eigenvalue weighted by Gasteiger charge is 2.23. The molecule has 22 heavy (non-hydrogen) atoms. The van der Waals surface area contributed by atoms with E-state index in [2.05, 4.69) is 26.8 Å². The van der Waals surface area contributed by atoms with Crippen molar-refractivity contribution in [1.29, 1.82) is 0 Å². The third-order valence-corrected chi connectivity index (χ3v) is 4.84. The van der Waals surface area contributed by atoms with Crippen LogP contribution in [0.3, 0.4) is 0 Å². The number of likely N-dealkylation sites (N-methyl/N-ethyl adjacent to an activating group) is 1. The molecule has 0 aliphatic carbocycles. The second kappa shape index (κ2) is 6.60. The Morgan fingerprint density at radius 3 is 2.27 bits per heavy atom. The summed E-state index contributed by atoms with van der Waals surface area (Å²) in [6, 6.07) is 0. The monoisotopic (exact) mass is 303 g/mol. The number of carbonyl (C=O) groups is 1. The van der Waals surface area contributed by atoms with Crippen molar-refractivity contribution in [2.45, 2.75) is 25.7 Å². The van der Waals surface area contributed by atoms with Crippen molar-refractivity contribution < 1.29 is 4.79 Å². The summed E-state index contributed by atoms with van der Waals surface area (Å²) in [6.07, 6.45) is 5.82. The van der Waals surface area contributed by atoms with E-state index in [1.807, 2.05) is 17.3 Å². The van der Waals surface area contributed by atoms with Gasteiger partial charge in [-0.1, -0.05) is 0 Å². The van der Waals surface area contributed by atoms with Gasteiger partial charge in [-0.2, -0.15) is 0 Å².